The van der Waals surface area contributed by atoms with E-state index in [0.29, 0.717) is 17.2 Å². The van der Waals surface area contributed by atoms with E-state index in [0.717, 1.165) is 11.3 Å². The first-order valence-corrected chi connectivity index (χ1v) is 11.3. The van der Waals surface area contributed by atoms with Crippen LogP contribution in [0.3, 0.4) is 0 Å². The predicted molar refractivity (Wildman–Crippen MR) is 116 cm³/mol. The molecule has 2 aromatic carbocycles. The normalized spacial score (nSPS) is 10.9. The second kappa shape index (κ2) is 9.63. The highest BCUT2D eigenvalue weighted by molar-refractivity contribution is 7.94. The minimum absolute atomic E-state index is 0.171. The molecule has 162 valence electrons. The van der Waals surface area contributed by atoms with Crippen LogP contribution in [-0.4, -0.2) is 41.0 Å². The van der Waals surface area contributed by atoms with E-state index in [1.165, 1.54) is 50.6 Å². The summed E-state index contributed by atoms with van der Waals surface area (Å²) in [5.74, 6) is -0.368. The molecule has 3 aromatic rings. The number of benzene rings is 2. The van der Waals surface area contributed by atoms with Crippen LogP contribution in [-0.2, 0) is 14.8 Å². The zero-order valence-electron chi connectivity index (χ0n) is 16.7. The predicted octanol–water partition coefficient (Wildman–Crippen LogP) is 3.61. The number of ketones is 1. The fourth-order valence-electron chi connectivity index (χ4n) is 2.62. The summed E-state index contributed by atoms with van der Waals surface area (Å²) in [4.78, 5) is 24.7. The van der Waals surface area contributed by atoms with E-state index in [1.54, 1.807) is 23.6 Å². The van der Waals surface area contributed by atoms with E-state index in [2.05, 4.69) is 4.72 Å². The fourth-order valence-corrected chi connectivity index (χ4v) is 4.67. The molecule has 0 bridgehead atoms. The van der Waals surface area contributed by atoms with Crippen molar-refractivity contribution in [3.05, 3.63) is 71.1 Å². The number of hydrogen-bond acceptors (Lipinski definition) is 8. The number of rotatable bonds is 9. The molecule has 0 spiro atoms. The molecule has 0 aliphatic rings. The lowest BCUT2D eigenvalue weighted by Crippen LogP contribution is -2.15. The van der Waals surface area contributed by atoms with Gasteiger partial charge in [-0.05, 0) is 53.9 Å². The quantitative estimate of drug-likeness (QED) is 0.383. The van der Waals surface area contributed by atoms with Crippen LogP contribution in [0.5, 0.6) is 11.5 Å². The van der Waals surface area contributed by atoms with E-state index in [9.17, 15) is 18.0 Å². The third-order valence-corrected chi connectivity index (χ3v) is 6.95. The molecule has 1 heterocycles. The van der Waals surface area contributed by atoms with Crippen molar-refractivity contribution in [3.63, 3.8) is 0 Å². The Morgan fingerprint density at radius 2 is 1.74 bits per heavy atom. The smallest absolute Gasteiger partial charge is 0.338 e. The number of ether oxygens (including phenoxy) is 3. The minimum Gasteiger partial charge on any atom is -0.497 e. The molecule has 3 rings (SSSR count). The molecular weight excluding hydrogens is 442 g/mol. The van der Waals surface area contributed by atoms with Gasteiger partial charge in [-0.3, -0.25) is 9.52 Å². The number of thiophene rings is 1. The Balaban J connectivity index is 1.63. The third kappa shape index (κ3) is 5.41. The van der Waals surface area contributed by atoms with Crippen LogP contribution >= 0.6 is 11.3 Å². The van der Waals surface area contributed by atoms with E-state index in [4.69, 9.17) is 14.2 Å². The van der Waals surface area contributed by atoms with Gasteiger partial charge < -0.3 is 14.2 Å². The van der Waals surface area contributed by atoms with Crippen molar-refractivity contribution in [2.75, 3.05) is 25.5 Å². The lowest BCUT2D eigenvalue weighted by molar-refractivity contribution is 0.0474. The molecule has 0 saturated carbocycles. The average Bonchev–Trinajstić information content (AvgIpc) is 3.33. The van der Waals surface area contributed by atoms with Crippen LogP contribution in [0.4, 0.5) is 5.69 Å². The van der Waals surface area contributed by atoms with Crippen LogP contribution in [0.1, 0.15) is 20.7 Å². The van der Waals surface area contributed by atoms with E-state index in [-0.39, 0.29) is 15.3 Å². The van der Waals surface area contributed by atoms with Gasteiger partial charge in [-0.1, -0.05) is 6.07 Å². The maximum Gasteiger partial charge on any atom is 0.338 e. The highest BCUT2D eigenvalue weighted by Gasteiger charge is 2.18. The number of nitrogens with one attached hydrogen (secondary N) is 1. The first-order chi connectivity index (χ1) is 14.8. The highest BCUT2D eigenvalue weighted by Crippen LogP contribution is 2.25. The summed E-state index contributed by atoms with van der Waals surface area (Å²) in [6.45, 7) is -0.491. The van der Waals surface area contributed by atoms with Crippen LogP contribution in [0.25, 0.3) is 0 Å². The zero-order valence-corrected chi connectivity index (χ0v) is 18.3. The maximum atomic E-state index is 12.5. The van der Waals surface area contributed by atoms with Crippen LogP contribution in [0.15, 0.2) is 64.2 Å². The highest BCUT2D eigenvalue weighted by atomic mass is 32.2. The van der Waals surface area contributed by atoms with Gasteiger partial charge in [0.25, 0.3) is 10.0 Å². The summed E-state index contributed by atoms with van der Waals surface area (Å²) >= 11 is 1.10. The molecule has 10 heteroatoms. The van der Waals surface area contributed by atoms with Gasteiger partial charge in [0.05, 0.1) is 25.3 Å². The molecule has 0 aliphatic heterocycles. The van der Waals surface area contributed by atoms with Crippen molar-refractivity contribution >= 4 is 38.8 Å². The number of Topliss-reactive ketones (excluding diaryl/α,β-unsaturated/α-hetero) is 1. The van der Waals surface area contributed by atoms with Gasteiger partial charge >= 0.3 is 5.97 Å². The summed E-state index contributed by atoms with van der Waals surface area (Å²) < 4.78 is 42.5. The van der Waals surface area contributed by atoms with Gasteiger partial charge in [0.1, 0.15) is 15.7 Å². The van der Waals surface area contributed by atoms with E-state index < -0.39 is 28.4 Å². The number of carbonyl (C=O) groups is 2. The molecule has 0 fully saturated rings. The zero-order chi connectivity index (χ0) is 22.4. The molecule has 1 aromatic heterocycles. The summed E-state index contributed by atoms with van der Waals surface area (Å²) in [5, 5.41) is 1.66. The van der Waals surface area contributed by atoms with Gasteiger partial charge in [-0.15, -0.1) is 11.3 Å². The molecule has 1 N–H and O–H groups in total. The van der Waals surface area contributed by atoms with Crippen molar-refractivity contribution in [2.45, 2.75) is 4.21 Å². The number of carbonyl (C=O) groups excluding carboxylic acids is 2. The lowest BCUT2D eigenvalue weighted by atomic mass is 10.1. The molecule has 0 radical (unpaired) electrons. The van der Waals surface area contributed by atoms with Crippen LogP contribution in [0, 0.1) is 0 Å². The van der Waals surface area contributed by atoms with Gasteiger partial charge in [0.15, 0.2) is 6.61 Å². The van der Waals surface area contributed by atoms with E-state index in [1.807, 2.05) is 0 Å². The minimum atomic E-state index is -3.68. The van der Waals surface area contributed by atoms with Gasteiger partial charge in [-0.25, -0.2) is 13.2 Å². The second-order valence-electron chi connectivity index (χ2n) is 6.18. The van der Waals surface area contributed by atoms with Gasteiger partial charge in [0, 0.05) is 5.69 Å². The average molecular weight is 462 g/mol. The Bertz CT molecular complexity index is 1170. The molecule has 0 atom stereocenters. The van der Waals surface area contributed by atoms with Crippen LogP contribution in [0.2, 0.25) is 0 Å². The first-order valence-electron chi connectivity index (χ1n) is 8.93. The number of anilines is 1. The topological polar surface area (TPSA) is 108 Å². The van der Waals surface area contributed by atoms with Crippen molar-refractivity contribution in [2.24, 2.45) is 0 Å². The Kier molecular flexibility index (Phi) is 6.93. The Hall–Kier alpha value is -3.37. The number of methoxy groups -OCH3 is 2. The third-order valence-electron chi connectivity index (χ3n) is 4.17. The molecule has 0 amide bonds. The summed E-state index contributed by atoms with van der Waals surface area (Å²) in [5.41, 5.74) is 0.694. The van der Waals surface area contributed by atoms with Crippen molar-refractivity contribution in [1.82, 2.24) is 0 Å². The van der Waals surface area contributed by atoms with Crippen LogP contribution < -0.4 is 14.2 Å². The Morgan fingerprint density at radius 1 is 1.00 bits per heavy atom. The Labute approximate surface area is 183 Å². The van der Waals surface area contributed by atoms with E-state index >= 15 is 0 Å². The molecular formula is C21H19NO7S2. The van der Waals surface area contributed by atoms with Crippen molar-refractivity contribution in [1.29, 1.82) is 0 Å². The number of esters is 1. The van der Waals surface area contributed by atoms with Crippen molar-refractivity contribution < 1.29 is 32.2 Å². The standard InChI is InChI=1S/C21H19NO7S2/c1-27-16-9-10-19(28-2)17(12-16)18(23)13-29-21(24)14-5-7-15(8-6-14)22-31(25,26)20-4-3-11-30-20/h3-12,22H,13H2,1-2H3. The Morgan fingerprint density at radius 3 is 2.35 bits per heavy atom. The largest absolute Gasteiger partial charge is 0.497 e. The summed E-state index contributed by atoms with van der Waals surface area (Å²) in [7, 11) is -0.780. The molecule has 0 unspecified atom stereocenters. The van der Waals surface area contributed by atoms with Gasteiger partial charge in [0.2, 0.25) is 5.78 Å². The lowest BCUT2D eigenvalue weighted by Gasteiger charge is -2.10. The monoisotopic (exact) mass is 461 g/mol. The first kappa shape index (κ1) is 22.3. The summed E-state index contributed by atoms with van der Waals surface area (Å²) in [6, 6.07) is 13.6. The molecule has 0 saturated heterocycles. The van der Waals surface area contributed by atoms with Gasteiger partial charge in [-0.2, -0.15) is 0 Å². The molecule has 0 aliphatic carbocycles. The molecule has 8 nitrogen and oxygen atoms in total. The fraction of sp³-hybridized carbons (Fsp3) is 0.143. The number of sulfonamides is 1. The SMILES string of the molecule is COc1ccc(OC)c(C(=O)COC(=O)c2ccc(NS(=O)(=O)c3cccs3)cc2)c1. The summed E-state index contributed by atoms with van der Waals surface area (Å²) in [6.07, 6.45) is 0. The second-order valence-corrected chi connectivity index (χ2v) is 9.04. The number of hydrogen-bond donors (Lipinski definition) is 1. The molecule has 31 heavy (non-hydrogen) atoms. The van der Waals surface area contributed by atoms with Crippen molar-refractivity contribution in [3.8, 4) is 11.5 Å². The maximum absolute atomic E-state index is 12.5.